The highest BCUT2D eigenvalue weighted by atomic mass is 32.2. The molecule has 1 N–H and O–H groups in total. The summed E-state index contributed by atoms with van der Waals surface area (Å²) in [5, 5.41) is 4.13. The van der Waals surface area contributed by atoms with E-state index in [9.17, 15) is 9.59 Å². The van der Waals surface area contributed by atoms with Crippen molar-refractivity contribution in [2.24, 2.45) is 0 Å². The Labute approximate surface area is 202 Å². The number of hydrogen-bond donors (Lipinski definition) is 1. The number of amides is 1. The Morgan fingerprint density at radius 1 is 1.03 bits per heavy atom. The largest absolute Gasteiger partial charge is 0.376 e. The first kappa shape index (κ1) is 22.4. The minimum absolute atomic E-state index is 0.00779. The number of benzene rings is 3. The van der Waals surface area contributed by atoms with Gasteiger partial charge in [0.05, 0.1) is 29.3 Å². The highest BCUT2D eigenvalue weighted by Crippen LogP contribution is 2.28. The summed E-state index contributed by atoms with van der Waals surface area (Å²) in [5.74, 6) is -0.0150. The first-order chi connectivity index (χ1) is 16.7. The van der Waals surface area contributed by atoms with Crippen LogP contribution in [-0.4, -0.2) is 33.9 Å². The fourth-order valence-electron chi connectivity index (χ4n) is 4.19. The van der Waals surface area contributed by atoms with Crippen molar-refractivity contribution < 1.29 is 9.53 Å². The number of rotatable bonds is 7. The van der Waals surface area contributed by atoms with Gasteiger partial charge < -0.3 is 10.1 Å². The van der Waals surface area contributed by atoms with Crippen molar-refractivity contribution in [3.8, 4) is 11.1 Å². The Morgan fingerprint density at radius 3 is 2.62 bits per heavy atom. The molecular weight excluding hydrogens is 446 g/mol. The van der Waals surface area contributed by atoms with Crippen LogP contribution in [0, 0.1) is 0 Å². The fourth-order valence-corrected chi connectivity index (χ4v) is 5.00. The molecule has 1 aliphatic rings. The van der Waals surface area contributed by atoms with Crippen LogP contribution in [0.1, 0.15) is 12.8 Å². The van der Waals surface area contributed by atoms with Gasteiger partial charge in [0.25, 0.3) is 5.56 Å². The van der Waals surface area contributed by atoms with Crippen LogP contribution in [0.2, 0.25) is 0 Å². The number of thioether (sulfide) groups is 1. The van der Waals surface area contributed by atoms with Crippen molar-refractivity contribution in [3.05, 3.63) is 89.2 Å². The molecule has 6 nitrogen and oxygen atoms in total. The van der Waals surface area contributed by atoms with Gasteiger partial charge in [-0.3, -0.25) is 14.2 Å². The summed E-state index contributed by atoms with van der Waals surface area (Å²) in [5.41, 5.74) is 3.28. The smallest absolute Gasteiger partial charge is 0.262 e. The van der Waals surface area contributed by atoms with Crippen LogP contribution in [0.4, 0.5) is 5.69 Å². The third kappa shape index (κ3) is 4.90. The van der Waals surface area contributed by atoms with Crippen LogP contribution >= 0.6 is 11.8 Å². The average molecular weight is 472 g/mol. The maximum Gasteiger partial charge on any atom is 0.262 e. The van der Waals surface area contributed by atoms with Crippen LogP contribution in [-0.2, 0) is 16.1 Å². The zero-order valence-electron chi connectivity index (χ0n) is 18.6. The van der Waals surface area contributed by atoms with Crippen LogP contribution in [0.5, 0.6) is 0 Å². The fraction of sp³-hybridized carbons (Fsp3) is 0.222. The van der Waals surface area contributed by atoms with Gasteiger partial charge in [-0.25, -0.2) is 4.98 Å². The van der Waals surface area contributed by atoms with Crippen LogP contribution in [0.15, 0.2) is 88.8 Å². The van der Waals surface area contributed by atoms with Gasteiger partial charge in [0.1, 0.15) is 0 Å². The molecule has 172 valence electrons. The first-order valence-corrected chi connectivity index (χ1v) is 12.4. The molecule has 0 spiro atoms. The molecule has 5 rings (SSSR count). The molecule has 1 fully saturated rings. The van der Waals surface area contributed by atoms with E-state index >= 15 is 0 Å². The van der Waals surface area contributed by atoms with E-state index in [1.165, 1.54) is 11.8 Å². The maximum absolute atomic E-state index is 13.2. The monoisotopic (exact) mass is 471 g/mol. The van der Waals surface area contributed by atoms with Gasteiger partial charge >= 0.3 is 0 Å². The molecule has 0 unspecified atom stereocenters. The van der Waals surface area contributed by atoms with Crippen molar-refractivity contribution >= 4 is 34.3 Å². The normalized spacial score (nSPS) is 15.5. The van der Waals surface area contributed by atoms with E-state index in [1.54, 1.807) is 10.6 Å². The number of fused-ring (bicyclic) bond motifs is 1. The van der Waals surface area contributed by atoms with Gasteiger partial charge in [-0.1, -0.05) is 72.4 Å². The van der Waals surface area contributed by atoms with Crippen molar-refractivity contribution in [1.29, 1.82) is 0 Å². The molecule has 3 aromatic carbocycles. The molecule has 1 amide bonds. The van der Waals surface area contributed by atoms with E-state index in [-0.39, 0.29) is 23.3 Å². The van der Waals surface area contributed by atoms with Crippen LogP contribution < -0.4 is 10.9 Å². The summed E-state index contributed by atoms with van der Waals surface area (Å²) >= 11 is 1.27. The molecule has 2 heterocycles. The second-order valence-electron chi connectivity index (χ2n) is 8.21. The Hall–Kier alpha value is -3.42. The highest BCUT2D eigenvalue weighted by Gasteiger charge is 2.21. The molecule has 1 aliphatic heterocycles. The van der Waals surface area contributed by atoms with Crippen LogP contribution in [0.3, 0.4) is 0 Å². The molecule has 1 aromatic heterocycles. The number of carbonyl (C=O) groups excluding carboxylic acids is 1. The molecule has 0 bridgehead atoms. The number of nitrogens with zero attached hydrogens (tertiary/aromatic N) is 2. The van der Waals surface area contributed by atoms with Gasteiger partial charge in [-0.15, -0.1) is 0 Å². The summed E-state index contributed by atoms with van der Waals surface area (Å²) in [4.78, 5) is 30.8. The first-order valence-electron chi connectivity index (χ1n) is 11.4. The van der Waals surface area contributed by atoms with Gasteiger partial charge in [0.15, 0.2) is 5.16 Å². The number of nitrogens with one attached hydrogen (secondary N) is 1. The summed E-state index contributed by atoms with van der Waals surface area (Å²) < 4.78 is 7.42. The number of hydrogen-bond acceptors (Lipinski definition) is 5. The van der Waals surface area contributed by atoms with E-state index in [1.807, 2.05) is 72.8 Å². The topological polar surface area (TPSA) is 73.2 Å². The highest BCUT2D eigenvalue weighted by molar-refractivity contribution is 7.99. The second kappa shape index (κ2) is 10.2. The van der Waals surface area contributed by atoms with E-state index in [0.29, 0.717) is 29.2 Å². The Balaban J connectivity index is 1.37. The summed E-state index contributed by atoms with van der Waals surface area (Å²) in [6.45, 7) is 1.16. The van der Waals surface area contributed by atoms with E-state index in [2.05, 4.69) is 5.32 Å². The lowest BCUT2D eigenvalue weighted by Crippen LogP contribution is -2.29. The number of aromatic nitrogens is 2. The molecule has 0 aliphatic carbocycles. The zero-order valence-corrected chi connectivity index (χ0v) is 19.5. The van der Waals surface area contributed by atoms with Gasteiger partial charge in [0.2, 0.25) is 5.91 Å². The number of ether oxygens (including phenoxy) is 1. The van der Waals surface area contributed by atoms with Crippen molar-refractivity contribution in [2.75, 3.05) is 17.7 Å². The third-order valence-corrected chi connectivity index (χ3v) is 6.83. The van der Waals surface area contributed by atoms with Crippen molar-refractivity contribution in [1.82, 2.24) is 9.55 Å². The summed E-state index contributed by atoms with van der Waals surface area (Å²) in [7, 11) is 0. The molecule has 0 saturated carbocycles. The molecule has 7 heteroatoms. The van der Waals surface area contributed by atoms with E-state index in [0.717, 1.165) is 29.7 Å². The van der Waals surface area contributed by atoms with E-state index < -0.39 is 0 Å². The number of para-hydroxylation sites is 2. The van der Waals surface area contributed by atoms with Crippen molar-refractivity contribution in [2.45, 2.75) is 30.6 Å². The minimum Gasteiger partial charge on any atom is -0.376 e. The standard InChI is InChI=1S/C27H25N3O3S/c31-25(28-23-14-6-4-12-21(23)19-9-2-1-3-10-19)18-34-27-29-24-15-7-5-13-22(24)26(32)30(27)17-20-11-8-16-33-20/h1-7,9-10,12-15,20H,8,11,16-18H2,(H,28,31)/t20-/m0/s1. The Morgan fingerprint density at radius 2 is 1.79 bits per heavy atom. The summed E-state index contributed by atoms with van der Waals surface area (Å²) in [6.07, 6.45) is 1.90. The van der Waals surface area contributed by atoms with Gasteiger partial charge in [-0.05, 0) is 36.6 Å². The quantitative estimate of drug-likeness (QED) is 0.304. The molecule has 1 atom stereocenters. The lowest BCUT2D eigenvalue weighted by Gasteiger charge is -2.16. The van der Waals surface area contributed by atoms with Crippen LogP contribution in [0.25, 0.3) is 22.0 Å². The Bertz CT molecular complexity index is 1360. The molecule has 34 heavy (non-hydrogen) atoms. The minimum atomic E-state index is -0.153. The molecule has 0 radical (unpaired) electrons. The molecule has 4 aromatic rings. The van der Waals surface area contributed by atoms with Crippen molar-refractivity contribution in [3.63, 3.8) is 0 Å². The Kier molecular flexibility index (Phi) is 6.74. The van der Waals surface area contributed by atoms with E-state index in [4.69, 9.17) is 9.72 Å². The lowest BCUT2D eigenvalue weighted by atomic mass is 10.0. The lowest BCUT2D eigenvalue weighted by molar-refractivity contribution is -0.113. The predicted molar refractivity (Wildman–Crippen MR) is 136 cm³/mol. The number of anilines is 1. The molecule has 1 saturated heterocycles. The number of carbonyl (C=O) groups is 1. The maximum atomic E-state index is 13.2. The molecular formula is C27H25N3O3S. The predicted octanol–water partition coefficient (Wildman–Crippen LogP) is 4.97. The van der Waals surface area contributed by atoms with Gasteiger partial charge in [0, 0.05) is 17.9 Å². The SMILES string of the molecule is O=C(CSc1nc2ccccc2c(=O)n1C[C@@H]1CCCO1)Nc1ccccc1-c1ccccc1. The zero-order chi connectivity index (χ0) is 23.3. The van der Waals surface area contributed by atoms with Gasteiger partial charge in [-0.2, -0.15) is 0 Å². The average Bonchev–Trinajstić information content (AvgIpc) is 3.39. The summed E-state index contributed by atoms with van der Waals surface area (Å²) in [6, 6.07) is 25.0. The third-order valence-electron chi connectivity index (χ3n) is 5.86. The second-order valence-corrected chi connectivity index (χ2v) is 9.15.